The third-order valence-corrected chi connectivity index (χ3v) is 3.73. The van der Waals surface area contributed by atoms with Crippen LogP contribution in [-0.2, 0) is 4.74 Å². The molecule has 4 heteroatoms. The molecule has 0 amide bonds. The highest BCUT2D eigenvalue weighted by Gasteiger charge is 2.19. The van der Waals surface area contributed by atoms with Crippen LogP contribution in [0.3, 0.4) is 0 Å². The van der Waals surface area contributed by atoms with E-state index < -0.39 is 0 Å². The van der Waals surface area contributed by atoms with Gasteiger partial charge in [-0.25, -0.2) is 4.98 Å². The Labute approximate surface area is 104 Å². The van der Waals surface area contributed by atoms with Crippen molar-refractivity contribution in [2.45, 2.75) is 6.10 Å². The van der Waals surface area contributed by atoms with Crippen LogP contribution in [0.1, 0.15) is 11.1 Å². The minimum Gasteiger partial charge on any atom is -0.368 e. The lowest BCUT2D eigenvalue weighted by atomic mass is 10.2. The second-order valence-electron chi connectivity index (χ2n) is 4.00. The molecule has 1 aliphatic heterocycles. The van der Waals surface area contributed by atoms with E-state index in [0.717, 1.165) is 30.4 Å². The first-order valence-electron chi connectivity index (χ1n) is 5.76. The Morgan fingerprint density at radius 3 is 2.94 bits per heavy atom. The second-order valence-corrected chi connectivity index (χ2v) is 4.89. The van der Waals surface area contributed by atoms with Gasteiger partial charge in [-0.1, -0.05) is 30.3 Å². The van der Waals surface area contributed by atoms with Gasteiger partial charge < -0.3 is 10.1 Å². The molecule has 1 fully saturated rings. The highest BCUT2D eigenvalue weighted by Crippen LogP contribution is 2.27. The van der Waals surface area contributed by atoms with Crippen LogP contribution in [0.4, 0.5) is 0 Å². The minimum atomic E-state index is 0.117. The van der Waals surface area contributed by atoms with E-state index in [9.17, 15) is 0 Å². The molecule has 1 aromatic carbocycles. The number of nitrogens with zero attached hydrogens (tertiary/aromatic N) is 1. The molecule has 3 nitrogen and oxygen atoms in total. The van der Waals surface area contributed by atoms with Crippen LogP contribution in [0.25, 0.3) is 11.3 Å². The SMILES string of the molecule is c1ccc(-c2csc([C@@H]3CNCCO3)n2)cc1. The monoisotopic (exact) mass is 246 g/mol. The van der Waals surface area contributed by atoms with Crippen molar-refractivity contribution in [2.24, 2.45) is 0 Å². The van der Waals surface area contributed by atoms with Crippen LogP contribution >= 0.6 is 11.3 Å². The summed E-state index contributed by atoms with van der Waals surface area (Å²) in [6, 6.07) is 10.3. The molecule has 1 aliphatic rings. The maximum absolute atomic E-state index is 5.70. The third kappa shape index (κ3) is 2.39. The Morgan fingerprint density at radius 1 is 1.29 bits per heavy atom. The highest BCUT2D eigenvalue weighted by molar-refractivity contribution is 7.10. The first-order valence-corrected chi connectivity index (χ1v) is 6.64. The molecule has 0 aliphatic carbocycles. The molecule has 3 rings (SSSR count). The van der Waals surface area contributed by atoms with Crippen molar-refractivity contribution >= 4 is 11.3 Å². The van der Waals surface area contributed by atoms with Gasteiger partial charge in [0.15, 0.2) is 0 Å². The maximum Gasteiger partial charge on any atom is 0.124 e. The Balaban J connectivity index is 1.83. The van der Waals surface area contributed by atoms with Gasteiger partial charge in [-0.05, 0) is 0 Å². The Bertz CT molecular complexity index is 477. The topological polar surface area (TPSA) is 34.1 Å². The van der Waals surface area contributed by atoms with Crippen molar-refractivity contribution in [1.82, 2.24) is 10.3 Å². The minimum absolute atomic E-state index is 0.117. The van der Waals surface area contributed by atoms with Crippen LogP contribution in [0.2, 0.25) is 0 Å². The first-order chi connectivity index (χ1) is 8.43. The van der Waals surface area contributed by atoms with Gasteiger partial charge in [0, 0.05) is 24.0 Å². The van der Waals surface area contributed by atoms with E-state index in [-0.39, 0.29) is 6.10 Å². The number of aromatic nitrogens is 1. The maximum atomic E-state index is 5.70. The zero-order valence-electron chi connectivity index (χ0n) is 9.43. The molecular weight excluding hydrogens is 232 g/mol. The van der Waals surface area contributed by atoms with Gasteiger partial charge >= 0.3 is 0 Å². The van der Waals surface area contributed by atoms with E-state index in [0.29, 0.717) is 0 Å². The number of thiazole rings is 1. The average Bonchev–Trinajstić information content (AvgIpc) is 2.90. The Hall–Kier alpha value is -1.23. The number of rotatable bonds is 2. The fourth-order valence-corrected chi connectivity index (χ4v) is 2.78. The van der Waals surface area contributed by atoms with Crippen LogP contribution < -0.4 is 5.32 Å². The number of benzene rings is 1. The van der Waals surface area contributed by atoms with E-state index >= 15 is 0 Å². The molecule has 2 heterocycles. The summed E-state index contributed by atoms with van der Waals surface area (Å²) in [5.41, 5.74) is 2.21. The van der Waals surface area contributed by atoms with E-state index in [1.165, 1.54) is 5.56 Å². The third-order valence-electron chi connectivity index (χ3n) is 2.79. The molecule has 1 atom stereocenters. The molecule has 88 valence electrons. The van der Waals surface area contributed by atoms with Gasteiger partial charge in [-0.2, -0.15) is 0 Å². The van der Waals surface area contributed by atoms with Gasteiger partial charge in [-0.15, -0.1) is 11.3 Å². The van der Waals surface area contributed by atoms with Gasteiger partial charge in [0.1, 0.15) is 11.1 Å². The summed E-state index contributed by atoms with van der Waals surface area (Å²) in [5, 5.41) is 6.49. The molecule has 2 aromatic rings. The van der Waals surface area contributed by atoms with Crippen molar-refractivity contribution < 1.29 is 4.74 Å². The van der Waals surface area contributed by atoms with Crippen molar-refractivity contribution in [3.8, 4) is 11.3 Å². The molecule has 0 saturated carbocycles. The quantitative estimate of drug-likeness (QED) is 0.884. The van der Waals surface area contributed by atoms with Crippen LogP contribution in [-0.4, -0.2) is 24.7 Å². The predicted octanol–water partition coefficient (Wildman–Crippen LogP) is 2.47. The zero-order valence-corrected chi connectivity index (χ0v) is 10.2. The number of morpholine rings is 1. The largest absolute Gasteiger partial charge is 0.368 e. The van der Waals surface area contributed by atoms with Crippen LogP contribution in [0, 0.1) is 0 Å². The molecule has 0 radical (unpaired) electrons. The number of ether oxygens (including phenoxy) is 1. The van der Waals surface area contributed by atoms with E-state index in [4.69, 9.17) is 4.74 Å². The second kappa shape index (κ2) is 4.96. The summed E-state index contributed by atoms with van der Waals surface area (Å²) in [6.45, 7) is 2.57. The molecule has 17 heavy (non-hydrogen) atoms. The lowest BCUT2D eigenvalue weighted by Gasteiger charge is -2.21. The normalized spacial score (nSPS) is 20.4. The Morgan fingerprint density at radius 2 is 2.18 bits per heavy atom. The number of hydrogen-bond acceptors (Lipinski definition) is 4. The first kappa shape index (κ1) is 10.9. The summed E-state index contributed by atoms with van der Waals surface area (Å²) in [6.07, 6.45) is 0.117. The van der Waals surface area contributed by atoms with Crippen LogP contribution in [0.5, 0.6) is 0 Å². The highest BCUT2D eigenvalue weighted by atomic mass is 32.1. The molecule has 0 bridgehead atoms. The molecule has 1 saturated heterocycles. The van der Waals surface area contributed by atoms with E-state index in [1.807, 2.05) is 18.2 Å². The van der Waals surface area contributed by atoms with E-state index in [1.54, 1.807) is 11.3 Å². The number of hydrogen-bond donors (Lipinski definition) is 1. The summed E-state index contributed by atoms with van der Waals surface area (Å²) < 4.78 is 5.70. The lowest BCUT2D eigenvalue weighted by molar-refractivity contribution is 0.0276. The lowest BCUT2D eigenvalue weighted by Crippen LogP contribution is -2.33. The van der Waals surface area contributed by atoms with Gasteiger partial charge in [0.25, 0.3) is 0 Å². The van der Waals surface area contributed by atoms with Gasteiger partial charge in [-0.3, -0.25) is 0 Å². The number of nitrogens with one attached hydrogen (secondary N) is 1. The predicted molar refractivity (Wildman–Crippen MR) is 69.1 cm³/mol. The fraction of sp³-hybridized carbons (Fsp3) is 0.308. The molecule has 1 aromatic heterocycles. The average molecular weight is 246 g/mol. The van der Waals surface area contributed by atoms with Crippen LogP contribution in [0.15, 0.2) is 35.7 Å². The molecular formula is C13H14N2OS. The van der Waals surface area contributed by atoms with E-state index in [2.05, 4.69) is 27.8 Å². The van der Waals surface area contributed by atoms with Crippen molar-refractivity contribution in [2.75, 3.05) is 19.7 Å². The fourth-order valence-electron chi connectivity index (χ4n) is 1.90. The smallest absolute Gasteiger partial charge is 0.124 e. The molecule has 0 unspecified atom stereocenters. The summed E-state index contributed by atoms with van der Waals surface area (Å²) in [5.74, 6) is 0. The molecule has 0 spiro atoms. The zero-order chi connectivity index (χ0) is 11.5. The van der Waals surface area contributed by atoms with Crippen molar-refractivity contribution in [3.05, 3.63) is 40.7 Å². The van der Waals surface area contributed by atoms with Gasteiger partial charge in [0.05, 0.1) is 12.3 Å². The summed E-state index contributed by atoms with van der Waals surface area (Å²) >= 11 is 1.67. The Kier molecular flexibility index (Phi) is 3.18. The van der Waals surface area contributed by atoms with Gasteiger partial charge in [0.2, 0.25) is 0 Å². The summed E-state index contributed by atoms with van der Waals surface area (Å²) in [4.78, 5) is 4.66. The summed E-state index contributed by atoms with van der Waals surface area (Å²) in [7, 11) is 0. The van der Waals surface area contributed by atoms with Crippen molar-refractivity contribution in [3.63, 3.8) is 0 Å². The standard InChI is InChI=1S/C13H14N2OS/c1-2-4-10(5-3-1)11-9-17-13(15-11)12-8-14-6-7-16-12/h1-5,9,12,14H,6-8H2/t12-/m0/s1. The van der Waals surface area contributed by atoms with Crippen molar-refractivity contribution in [1.29, 1.82) is 0 Å². The molecule has 1 N–H and O–H groups in total.